The second-order valence-corrected chi connectivity index (χ2v) is 4.84. The van der Waals surface area contributed by atoms with Crippen molar-refractivity contribution in [3.05, 3.63) is 24.8 Å². The Balaban J connectivity index is 2.28. The van der Waals surface area contributed by atoms with E-state index in [4.69, 9.17) is 4.74 Å². The van der Waals surface area contributed by atoms with Gasteiger partial charge in [0.15, 0.2) is 5.78 Å². The number of allylic oxidation sites excluding steroid dienone is 1. The second-order valence-electron chi connectivity index (χ2n) is 4.84. The number of Topliss-reactive ketones (excluding diaryl/α,β-unsaturated/α-hetero) is 1. The molecule has 0 bridgehead atoms. The first-order valence-electron chi connectivity index (χ1n) is 5.77. The number of nitrogens with zero attached hydrogens (tertiary/aromatic N) is 1. The smallest absolute Gasteiger partial charge is 0.411 e. The number of ketones is 1. The van der Waals surface area contributed by atoms with E-state index in [1.807, 2.05) is 13.0 Å². The van der Waals surface area contributed by atoms with Gasteiger partial charge in [-0.05, 0) is 17.9 Å². The van der Waals surface area contributed by atoms with Crippen molar-refractivity contribution in [1.29, 1.82) is 0 Å². The van der Waals surface area contributed by atoms with Crippen molar-refractivity contribution < 1.29 is 14.3 Å². The van der Waals surface area contributed by atoms with Gasteiger partial charge in [-0.3, -0.25) is 9.69 Å². The maximum atomic E-state index is 11.6. The Bertz CT molecular complexity index is 401. The molecule has 2 heterocycles. The molecule has 0 saturated carbocycles. The molecule has 0 aliphatic carbocycles. The Morgan fingerprint density at radius 3 is 3.00 bits per heavy atom. The Labute approximate surface area is 101 Å². The van der Waals surface area contributed by atoms with Gasteiger partial charge in [-0.2, -0.15) is 0 Å². The third-order valence-corrected chi connectivity index (χ3v) is 3.71. The number of ether oxygens (including phenoxy) is 1. The van der Waals surface area contributed by atoms with Crippen molar-refractivity contribution in [3.8, 4) is 0 Å². The third kappa shape index (κ3) is 1.68. The van der Waals surface area contributed by atoms with Crippen LogP contribution in [0.2, 0.25) is 0 Å². The summed E-state index contributed by atoms with van der Waals surface area (Å²) in [5.41, 5.74) is 0.297. The van der Waals surface area contributed by atoms with E-state index in [9.17, 15) is 9.59 Å². The van der Waals surface area contributed by atoms with Crippen LogP contribution < -0.4 is 0 Å². The fourth-order valence-electron chi connectivity index (χ4n) is 2.66. The fraction of sp³-hybridized carbons (Fsp3) is 0.538. The molecule has 1 unspecified atom stereocenters. The number of rotatable bonds is 4. The molecule has 2 saturated heterocycles. The van der Waals surface area contributed by atoms with Crippen molar-refractivity contribution in [2.24, 2.45) is 5.92 Å². The molecule has 2 rings (SSSR count). The zero-order valence-corrected chi connectivity index (χ0v) is 10.1. The van der Waals surface area contributed by atoms with E-state index in [0.29, 0.717) is 6.42 Å². The lowest BCUT2D eigenvalue weighted by Crippen LogP contribution is -2.44. The van der Waals surface area contributed by atoms with Crippen molar-refractivity contribution in [2.75, 3.05) is 13.2 Å². The molecule has 2 atom stereocenters. The molecule has 92 valence electrons. The summed E-state index contributed by atoms with van der Waals surface area (Å²) in [4.78, 5) is 24.7. The van der Waals surface area contributed by atoms with Crippen LogP contribution in [0.3, 0.4) is 0 Å². The molecule has 0 radical (unpaired) electrons. The molecule has 2 fully saturated rings. The summed E-state index contributed by atoms with van der Waals surface area (Å²) in [7, 11) is 0. The monoisotopic (exact) mass is 235 g/mol. The molecule has 2 aliphatic heterocycles. The molecular weight excluding hydrogens is 218 g/mol. The van der Waals surface area contributed by atoms with Crippen molar-refractivity contribution in [2.45, 2.75) is 25.3 Å². The summed E-state index contributed by atoms with van der Waals surface area (Å²) in [6, 6.07) is 0. The summed E-state index contributed by atoms with van der Waals surface area (Å²) < 4.78 is 5.07. The first-order chi connectivity index (χ1) is 8.01. The zero-order valence-electron chi connectivity index (χ0n) is 10.1. The SMILES string of the molecule is C=CCC(C)C(=C)[C@@]12COC(=O)N1CC(=O)C2. The van der Waals surface area contributed by atoms with Gasteiger partial charge in [0, 0.05) is 6.42 Å². The fourth-order valence-corrected chi connectivity index (χ4v) is 2.66. The van der Waals surface area contributed by atoms with E-state index < -0.39 is 11.6 Å². The molecule has 0 aromatic rings. The minimum absolute atomic E-state index is 0.0774. The lowest BCUT2D eigenvalue weighted by Gasteiger charge is -2.32. The number of fused-ring (bicyclic) bond motifs is 1. The van der Waals surface area contributed by atoms with Crippen LogP contribution in [0.25, 0.3) is 0 Å². The summed E-state index contributed by atoms with van der Waals surface area (Å²) in [5.74, 6) is 0.268. The van der Waals surface area contributed by atoms with Crippen LogP contribution in [0.1, 0.15) is 19.8 Å². The van der Waals surface area contributed by atoms with Gasteiger partial charge in [-0.15, -0.1) is 6.58 Å². The number of hydrogen-bond acceptors (Lipinski definition) is 3. The normalized spacial score (nSPS) is 28.9. The van der Waals surface area contributed by atoms with Crippen LogP contribution in [-0.2, 0) is 9.53 Å². The Hall–Kier alpha value is -1.58. The van der Waals surface area contributed by atoms with Gasteiger partial charge in [-0.25, -0.2) is 4.79 Å². The summed E-state index contributed by atoms with van der Waals surface area (Å²) in [6.07, 6.45) is 2.55. The highest BCUT2D eigenvalue weighted by atomic mass is 16.6. The minimum Gasteiger partial charge on any atom is -0.446 e. The Morgan fingerprint density at radius 2 is 2.35 bits per heavy atom. The summed E-state index contributed by atoms with van der Waals surface area (Å²) >= 11 is 0. The second kappa shape index (κ2) is 4.02. The van der Waals surface area contributed by atoms with Gasteiger partial charge < -0.3 is 4.74 Å². The molecule has 17 heavy (non-hydrogen) atoms. The highest BCUT2D eigenvalue weighted by Gasteiger charge is 2.55. The van der Waals surface area contributed by atoms with Gasteiger partial charge in [0.2, 0.25) is 0 Å². The molecule has 2 aliphatic rings. The maximum absolute atomic E-state index is 11.6. The van der Waals surface area contributed by atoms with Gasteiger partial charge in [0.25, 0.3) is 0 Å². The molecule has 4 heteroatoms. The van der Waals surface area contributed by atoms with E-state index in [2.05, 4.69) is 13.2 Å². The van der Waals surface area contributed by atoms with E-state index in [1.54, 1.807) is 0 Å². The van der Waals surface area contributed by atoms with Gasteiger partial charge >= 0.3 is 6.09 Å². The van der Waals surface area contributed by atoms with Crippen LogP contribution in [0, 0.1) is 5.92 Å². The van der Waals surface area contributed by atoms with Gasteiger partial charge in [0.05, 0.1) is 6.54 Å². The number of amides is 1. The molecule has 0 aromatic heterocycles. The number of carbonyl (C=O) groups excluding carboxylic acids is 2. The van der Waals surface area contributed by atoms with E-state index in [-0.39, 0.29) is 24.9 Å². The quantitative estimate of drug-likeness (QED) is 0.699. The highest BCUT2D eigenvalue weighted by molar-refractivity contribution is 5.91. The predicted molar refractivity (Wildman–Crippen MR) is 63.5 cm³/mol. The Kier molecular flexibility index (Phi) is 2.81. The molecule has 1 amide bonds. The summed E-state index contributed by atoms with van der Waals surface area (Å²) in [5, 5.41) is 0. The number of cyclic esters (lactones) is 1. The predicted octanol–water partition coefficient (Wildman–Crippen LogP) is 1.92. The van der Waals surface area contributed by atoms with Gasteiger partial charge in [-0.1, -0.05) is 19.6 Å². The first-order valence-corrected chi connectivity index (χ1v) is 5.77. The topological polar surface area (TPSA) is 46.6 Å². The standard InChI is InChI=1S/C13H17NO3/c1-4-5-9(2)10(3)13-6-11(15)7-14(13)12(16)17-8-13/h4,9H,1,3,5-8H2,2H3/t9?,13-/m1/s1. The molecule has 0 spiro atoms. The molecule has 4 nitrogen and oxygen atoms in total. The van der Waals surface area contributed by atoms with Gasteiger partial charge in [0.1, 0.15) is 12.1 Å². The maximum Gasteiger partial charge on any atom is 0.411 e. The lowest BCUT2D eigenvalue weighted by atomic mass is 9.81. The molecule has 0 N–H and O–H groups in total. The van der Waals surface area contributed by atoms with Crippen LogP contribution in [0.4, 0.5) is 4.79 Å². The van der Waals surface area contributed by atoms with Crippen LogP contribution >= 0.6 is 0 Å². The number of carbonyl (C=O) groups is 2. The van der Waals surface area contributed by atoms with E-state index >= 15 is 0 Å². The van der Waals surface area contributed by atoms with Crippen LogP contribution in [0.15, 0.2) is 24.8 Å². The Morgan fingerprint density at radius 1 is 1.65 bits per heavy atom. The van der Waals surface area contributed by atoms with Crippen molar-refractivity contribution in [3.63, 3.8) is 0 Å². The third-order valence-electron chi connectivity index (χ3n) is 3.71. The first kappa shape index (κ1) is 11.9. The molecule has 0 aromatic carbocycles. The van der Waals surface area contributed by atoms with E-state index in [1.165, 1.54) is 4.90 Å². The average molecular weight is 235 g/mol. The average Bonchev–Trinajstić information content (AvgIpc) is 2.76. The van der Waals surface area contributed by atoms with E-state index in [0.717, 1.165) is 12.0 Å². The van der Waals surface area contributed by atoms with Crippen molar-refractivity contribution >= 4 is 11.9 Å². The van der Waals surface area contributed by atoms with Crippen molar-refractivity contribution in [1.82, 2.24) is 4.90 Å². The lowest BCUT2D eigenvalue weighted by molar-refractivity contribution is -0.117. The number of hydrogen-bond donors (Lipinski definition) is 0. The minimum atomic E-state index is -0.601. The molecular formula is C13H17NO3. The van der Waals surface area contributed by atoms with Crippen LogP contribution in [0.5, 0.6) is 0 Å². The largest absolute Gasteiger partial charge is 0.446 e. The van der Waals surface area contributed by atoms with Crippen LogP contribution in [-0.4, -0.2) is 35.5 Å². The highest BCUT2D eigenvalue weighted by Crippen LogP contribution is 2.42. The summed E-state index contributed by atoms with van der Waals surface area (Å²) in [6.45, 7) is 10.2. The zero-order chi connectivity index (χ0) is 12.6.